The van der Waals surface area contributed by atoms with Crippen molar-refractivity contribution < 1.29 is 0 Å². The first-order chi connectivity index (χ1) is 9.65. The van der Waals surface area contributed by atoms with E-state index >= 15 is 0 Å². The van der Waals surface area contributed by atoms with Crippen LogP contribution in [-0.4, -0.2) is 9.38 Å². The number of nitrogens with zero attached hydrogens (tertiary/aromatic N) is 2. The van der Waals surface area contributed by atoms with Crippen molar-refractivity contribution in [3.05, 3.63) is 59.9 Å². The Morgan fingerprint density at radius 2 is 1.85 bits per heavy atom. The van der Waals surface area contributed by atoms with E-state index < -0.39 is 0 Å². The third-order valence-corrected chi connectivity index (χ3v) is 3.39. The summed E-state index contributed by atoms with van der Waals surface area (Å²) in [5.41, 5.74) is 4.40. The number of hydrogen-bond acceptors (Lipinski definition) is 2. The predicted molar refractivity (Wildman–Crippen MR) is 83.7 cm³/mol. The van der Waals surface area contributed by atoms with Crippen LogP contribution in [0.5, 0.6) is 0 Å². The first kappa shape index (κ1) is 12.7. The Morgan fingerprint density at radius 3 is 2.55 bits per heavy atom. The largest absolute Gasteiger partial charge is 0.340 e. The van der Waals surface area contributed by atoms with Crippen molar-refractivity contribution in [2.45, 2.75) is 26.7 Å². The number of para-hydroxylation sites is 1. The van der Waals surface area contributed by atoms with Gasteiger partial charge < -0.3 is 5.32 Å². The van der Waals surface area contributed by atoms with Crippen molar-refractivity contribution >= 4 is 17.2 Å². The van der Waals surface area contributed by atoms with Gasteiger partial charge in [-0.2, -0.15) is 0 Å². The monoisotopic (exact) mass is 265 g/mol. The third-order valence-electron chi connectivity index (χ3n) is 3.39. The number of imidazole rings is 1. The lowest BCUT2D eigenvalue weighted by Crippen LogP contribution is -1.99. The summed E-state index contributed by atoms with van der Waals surface area (Å²) in [6, 6.07) is 14.4. The molecule has 1 N–H and O–H groups in total. The molecule has 0 spiro atoms. The summed E-state index contributed by atoms with van der Waals surface area (Å²) in [4.78, 5) is 4.77. The van der Waals surface area contributed by atoms with E-state index in [0.29, 0.717) is 5.92 Å². The van der Waals surface area contributed by atoms with Gasteiger partial charge >= 0.3 is 0 Å². The van der Waals surface area contributed by atoms with E-state index in [-0.39, 0.29) is 0 Å². The Labute approximate surface area is 119 Å². The van der Waals surface area contributed by atoms with Crippen LogP contribution in [0.4, 0.5) is 11.5 Å². The number of rotatable bonds is 3. The second-order valence-corrected chi connectivity index (χ2v) is 5.42. The fourth-order valence-corrected chi connectivity index (χ4v) is 2.35. The number of fused-ring (bicyclic) bond motifs is 1. The van der Waals surface area contributed by atoms with Gasteiger partial charge in [-0.05, 0) is 42.7 Å². The molecule has 0 saturated carbocycles. The zero-order valence-corrected chi connectivity index (χ0v) is 12.1. The fourth-order valence-electron chi connectivity index (χ4n) is 2.35. The maximum absolute atomic E-state index is 4.77. The number of anilines is 2. The van der Waals surface area contributed by atoms with Gasteiger partial charge in [0.1, 0.15) is 11.5 Å². The minimum atomic E-state index is 0.376. The van der Waals surface area contributed by atoms with Gasteiger partial charge in [0.2, 0.25) is 0 Å². The molecule has 0 aliphatic rings. The lowest BCUT2D eigenvalue weighted by atomic mass is 10.1. The van der Waals surface area contributed by atoms with Gasteiger partial charge in [0.05, 0.1) is 5.69 Å². The molecule has 0 fully saturated rings. The maximum atomic E-state index is 4.77. The second kappa shape index (κ2) is 5.00. The molecule has 0 radical (unpaired) electrons. The first-order valence-corrected chi connectivity index (χ1v) is 6.96. The van der Waals surface area contributed by atoms with Gasteiger partial charge in [0, 0.05) is 11.9 Å². The predicted octanol–water partition coefficient (Wildman–Crippen LogP) is 4.51. The fraction of sp³-hybridized carbons (Fsp3) is 0.235. The standard InChI is InChI=1S/C17H19N3/c1-12(2)16-17(18-14-7-5-4-6-8-14)20-10-9-13(3)11-15(20)19-16/h4-12,18H,1-3H3. The zero-order valence-electron chi connectivity index (χ0n) is 12.1. The molecule has 0 aliphatic carbocycles. The maximum Gasteiger partial charge on any atom is 0.138 e. The van der Waals surface area contributed by atoms with Gasteiger partial charge in [-0.1, -0.05) is 32.0 Å². The Morgan fingerprint density at radius 1 is 1.10 bits per heavy atom. The van der Waals surface area contributed by atoms with Crippen LogP contribution in [0.3, 0.4) is 0 Å². The minimum absolute atomic E-state index is 0.376. The van der Waals surface area contributed by atoms with Crippen molar-refractivity contribution in [2.24, 2.45) is 0 Å². The molecule has 0 bridgehead atoms. The normalized spacial score (nSPS) is 11.2. The molecule has 0 amide bonds. The van der Waals surface area contributed by atoms with Gasteiger partial charge in [-0.25, -0.2) is 4.98 Å². The summed E-state index contributed by atoms with van der Waals surface area (Å²) in [5.74, 6) is 1.43. The molecule has 0 saturated heterocycles. The quantitative estimate of drug-likeness (QED) is 0.755. The average molecular weight is 265 g/mol. The third kappa shape index (κ3) is 2.27. The molecule has 3 rings (SSSR count). The van der Waals surface area contributed by atoms with Crippen molar-refractivity contribution in [3.63, 3.8) is 0 Å². The summed E-state index contributed by atoms with van der Waals surface area (Å²) >= 11 is 0. The number of pyridine rings is 1. The Bertz CT molecular complexity index is 727. The zero-order chi connectivity index (χ0) is 14.1. The Hall–Kier alpha value is -2.29. The molecule has 0 atom stereocenters. The molecule has 0 aliphatic heterocycles. The molecule has 20 heavy (non-hydrogen) atoms. The minimum Gasteiger partial charge on any atom is -0.340 e. The van der Waals surface area contributed by atoms with Crippen LogP contribution in [-0.2, 0) is 0 Å². The van der Waals surface area contributed by atoms with E-state index in [9.17, 15) is 0 Å². The molecule has 3 heteroatoms. The van der Waals surface area contributed by atoms with Crippen molar-refractivity contribution in [2.75, 3.05) is 5.32 Å². The topological polar surface area (TPSA) is 29.3 Å². The van der Waals surface area contributed by atoms with E-state index in [1.807, 2.05) is 18.2 Å². The molecule has 3 aromatic rings. The highest BCUT2D eigenvalue weighted by atomic mass is 15.1. The smallest absolute Gasteiger partial charge is 0.138 e. The molecule has 3 nitrogen and oxygen atoms in total. The van der Waals surface area contributed by atoms with Crippen molar-refractivity contribution in [1.82, 2.24) is 9.38 Å². The van der Waals surface area contributed by atoms with Crippen molar-refractivity contribution in [3.8, 4) is 0 Å². The molecule has 0 unspecified atom stereocenters. The number of aromatic nitrogens is 2. The van der Waals surface area contributed by atoms with E-state index in [2.05, 4.69) is 61.0 Å². The van der Waals surface area contributed by atoms with Gasteiger partial charge in [-0.3, -0.25) is 4.40 Å². The number of nitrogens with one attached hydrogen (secondary N) is 1. The number of benzene rings is 1. The average Bonchev–Trinajstić information content (AvgIpc) is 2.78. The van der Waals surface area contributed by atoms with Crippen LogP contribution in [0.1, 0.15) is 31.0 Å². The van der Waals surface area contributed by atoms with Crippen LogP contribution in [0.2, 0.25) is 0 Å². The molecule has 1 aromatic carbocycles. The summed E-state index contributed by atoms with van der Waals surface area (Å²) in [6.45, 7) is 6.43. The lowest BCUT2D eigenvalue weighted by Gasteiger charge is -2.10. The SMILES string of the molecule is Cc1ccn2c(Nc3ccccc3)c(C(C)C)nc2c1. The van der Waals surface area contributed by atoms with Crippen molar-refractivity contribution in [1.29, 1.82) is 0 Å². The highest BCUT2D eigenvalue weighted by Crippen LogP contribution is 2.28. The van der Waals surface area contributed by atoms with Crippen LogP contribution in [0, 0.1) is 6.92 Å². The molecule has 2 aromatic heterocycles. The van der Waals surface area contributed by atoms with E-state index in [4.69, 9.17) is 4.98 Å². The summed E-state index contributed by atoms with van der Waals surface area (Å²) in [6.07, 6.45) is 2.08. The lowest BCUT2D eigenvalue weighted by molar-refractivity contribution is 0.837. The van der Waals surface area contributed by atoms with Crippen LogP contribution < -0.4 is 5.32 Å². The number of aryl methyl sites for hydroxylation is 1. The van der Waals surface area contributed by atoms with E-state index in [1.54, 1.807) is 0 Å². The molecule has 2 heterocycles. The summed E-state index contributed by atoms with van der Waals surface area (Å²) < 4.78 is 2.12. The van der Waals surface area contributed by atoms with Crippen LogP contribution >= 0.6 is 0 Å². The van der Waals surface area contributed by atoms with Crippen LogP contribution in [0.15, 0.2) is 48.7 Å². The molecular weight excluding hydrogens is 246 g/mol. The van der Waals surface area contributed by atoms with E-state index in [1.165, 1.54) is 5.56 Å². The Balaban J connectivity index is 2.14. The summed E-state index contributed by atoms with van der Waals surface area (Å²) in [5, 5.41) is 3.50. The molecule has 102 valence electrons. The van der Waals surface area contributed by atoms with Crippen LogP contribution in [0.25, 0.3) is 5.65 Å². The highest BCUT2D eigenvalue weighted by molar-refractivity contribution is 5.64. The van der Waals surface area contributed by atoms with E-state index in [0.717, 1.165) is 22.8 Å². The second-order valence-electron chi connectivity index (χ2n) is 5.42. The highest BCUT2D eigenvalue weighted by Gasteiger charge is 2.15. The summed E-state index contributed by atoms with van der Waals surface area (Å²) in [7, 11) is 0. The molecular formula is C17H19N3. The Kier molecular flexibility index (Phi) is 3.18. The first-order valence-electron chi connectivity index (χ1n) is 6.96. The number of hydrogen-bond donors (Lipinski definition) is 1. The van der Waals surface area contributed by atoms with Gasteiger partial charge in [0.15, 0.2) is 0 Å². The van der Waals surface area contributed by atoms with Gasteiger partial charge in [-0.15, -0.1) is 0 Å². The van der Waals surface area contributed by atoms with Gasteiger partial charge in [0.25, 0.3) is 0 Å².